The second-order valence-electron chi connectivity index (χ2n) is 2.49. The molecular formula is C9H7BrClFO. The number of carbonyl (C=O) groups is 1. The highest BCUT2D eigenvalue weighted by Crippen LogP contribution is 2.18. The minimum absolute atomic E-state index is 0.0816. The highest BCUT2D eigenvalue weighted by atomic mass is 79.9. The summed E-state index contributed by atoms with van der Waals surface area (Å²) < 4.78 is 12.6. The zero-order chi connectivity index (χ0) is 9.84. The van der Waals surface area contributed by atoms with Crippen LogP contribution in [-0.4, -0.2) is 11.1 Å². The first-order valence-corrected chi connectivity index (χ1v) is 5.19. The lowest BCUT2D eigenvalue weighted by Crippen LogP contribution is -2.00. The molecule has 0 fully saturated rings. The van der Waals surface area contributed by atoms with E-state index in [0.29, 0.717) is 17.3 Å². The summed E-state index contributed by atoms with van der Waals surface area (Å²) in [6, 6.07) is 3.78. The molecule has 0 aliphatic carbocycles. The fourth-order valence-electron chi connectivity index (χ4n) is 0.936. The standard InChI is InChI=1S/C9H7BrClFO/c10-4-3-9(13)7-2-1-6(12)5-8(7)11/h1-2,5H,3-4H2. The van der Waals surface area contributed by atoms with Crippen LogP contribution < -0.4 is 0 Å². The third-order valence-corrected chi connectivity index (χ3v) is 2.26. The van der Waals surface area contributed by atoms with Crippen LogP contribution in [0.2, 0.25) is 5.02 Å². The third-order valence-electron chi connectivity index (χ3n) is 1.55. The minimum Gasteiger partial charge on any atom is -0.294 e. The van der Waals surface area contributed by atoms with Crippen LogP contribution in [0.25, 0.3) is 0 Å². The van der Waals surface area contributed by atoms with Gasteiger partial charge in [-0.15, -0.1) is 0 Å². The molecular weight excluding hydrogens is 258 g/mol. The van der Waals surface area contributed by atoms with Gasteiger partial charge in [-0.2, -0.15) is 0 Å². The Balaban J connectivity index is 2.95. The van der Waals surface area contributed by atoms with Crippen molar-refractivity contribution in [2.75, 3.05) is 5.33 Å². The molecule has 70 valence electrons. The van der Waals surface area contributed by atoms with E-state index >= 15 is 0 Å². The van der Waals surface area contributed by atoms with E-state index in [-0.39, 0.29) is 10.8 Å². The lowest BCUT2D eigenvalue weighted by Gasteiger charge is -2.01. The Kier molecular flexibility index (Phi) is 3.88. The Morgan fingerprint density at radius 3 is 2.77 bits per heavy atom. The van der Waals surface area contributed by atoms with Gasteiger partial charge < -0.3 is 0 Å². The summed E-state index contributed by atoms with van der Waals surface area (Å²) in [5.74, 6) is -0.512. The lowest BCUT2D eigenvalue weighted by atomic mass is 10.1. The van der Waals surface area contributed by atoms with Crippen LogP contribution in [0, 0.1) is 5.82 Å². The van der Waals surface area contributed by atoms with Gasteiger partial charge in [-0.05, 0) is 18.2 Å². The fourth-order valence-corrected chi connectivity index (χ4v) is 1.57. The SMILES string of the molecule is O=C(CCBr)c1ccc(F)cc1Cl. The highest BCUT2D eigenvalue weighted by molar-refractivity contribution is 9.09. The summed E-state index contributed by atoms with van der Waals surface area (Å²) in [6.07, 6.45) is 0.366. The summed E-state index contributed by atoms with van der Waals surface area (Å²) in [6.45, 7) is 0. The van der Waals surface area contributed by atoms with Gasteiger partial charge in [-0.1, -0.05) is 27.5 Å². The average molecular weight is 266 g/mol. The zero-order valence-corrected chi connectivity index (χ0v) is 9.03. The van der Waals surface area contributed by atoms with Crippen LogP contribution in [0.3, 0.4) is 0 Å². The van der Waals surface area contributed by atoms with E-state index in [1.54, 1.807) is 0 Å². The predicted molar refractivity (Wildman–Crippen MR) is 54.2 cm³/mol. The van der Waals surface area contributed by atoms with Crippen LogP contribution in [0.1, 0.15) is 16.8 Å². The lowest BCUT2D eigenvalue weighted by molar-refractivity contribution is 0.0990. The Morgan fingerprint density at radius 2 is 2.23 bits per heavy atom. The monoisotopic (exact) mass is 264 g/mol. The molecule has 0 spiro atoms. The van der Waals surface area contributed by atoms with Crippen molar-refractivity contribution in [3.05, 3.63) is 34.6 Å². The van der Waals surface area contributed by atoms with Crippen LogP contribution in [0.15, 0.2) is 18.2 Å². The van der Waals surface area contributed by atoms with Gasteiger partial charge in [0.05, 0.1) is 5.02 Å². The molecule has 1 aromatic carbocycles. The molecule has 1 rings (SSSR count). The van der Waals surface area contributed by atoms with Gasteiger partial charge in [0.1, 0.15) is 5.82 Å². The first-order valence-electron chi connectivity index (χ1n) is 3.69. The van der Waals surface area contributed by atoms with Crippen LogP contribution in [-0.2, 0) is 0 Å². The normalized spacial score (nSPS) is 10.1. The number of carbonyl (C=O) groups excluding carboxylic acids is 1. The summed E-state index contributed by atoms with van der Waals surface area (Å²) in [5, 5.41) is 0.755. The van der Waals surface area contributed by atoms with Gasteiger partial charge in [0.25, 0.3) is 0 Å². The van der Waals surface area contributed by atoms with Gasteiger partial charge in [-0.3, -0.25) is 4.79 Å². The second kappa shape index (κ2) is 4.72. The van der Waals surface area contributed by atoms with Crippen LogP contribution >= 0.6 is 27.5 Å². The summed E-state index contributed by atoms with van der Waals surface area (Å²) in [5.41, 5.74) is 0.377. The number of Topliss-reactive ketones (excluding diaryl/α,β-unsaturated/α-hetero) is 1. The van der Waals surface area contributed by atoms with Crippen LogP contribution in [0.5, 0.6) is 0 Å². The first kappa shape index (κ1) is 10.7. The Bertz CT molecular complexity index is 327. The molecule has 0 amide bonds. The molecule has 13 heavy (non-hydrogen) atoms. The van der Waals surface area contributed by atoms with E-state index in [2.05, 4.69) is 15.9 Å². The first-order chi connectivity index (χ1) is 6.15. The molecule has 0 bridgehead atoms. The topological polar surface area (TPSA) is 17.1 Å². The molecule has 0 heterocycles. The van der Waals surface area contributed by atoms with Crippen molar-refractivity contribution in [2.24, 2.45) is 0 Å². The number of ketones is 1. The van der Waals surface area contributed by atoms with E-state index in [4.69, 9.17) is 11.6 Å². The highest BCUT2D eigenvalue weighted by Gasteiger charge is 2.09. The maximum absolute atomic E-state index is 12.6. The molecule has 1 aromatic rings. The van der Waals surface area contributed by atoms with Gasteiger partial charge in [0.15, 0.2) is 5.78 Å². The zero-order valence-electron chi connectivity index (χ0n) is 6.69. The summed E-state index contributed by atoms with van der Waals surface area (Å²) in [7, 11) is 0. The van der Waals surface area contributed by atoms with Crippen LogP contribution in [0.4, 0.5) is 4.39 Å². The van der Waals surface area contributed by atoms with Gasteiger partial charge in [0, 0.05) is 17.3 Å². The largest absolute Gasteiger partial charge is 0.294 e. The van der Waals surface area contributed by atoms with E-state index in [1.807, 2.05) is 0 Å². The average Bonchev–Trinajstić information content (AvgIpc) is 2.04. The predicted octanol–water partition coefficient (Wildman–Crippen LogP) is 3.45. The molecule has 0 saturated carbocycles. The summed E-state index contributed by atoms with van der Waals surface area (Å²) >= 11 is 8.83. The molecule has 0 atom stereocenters. The summed E-state index contributed by atoms with van der Waals surface area (Å²) in [4.78, 5) is 11.3. The Hall–Kier alpha value is -0.410. The van der Waals surface area contributed by atoms with E-state index in [0.717, 1.165) is 6.07 Å². The van der Waals surface area contributed by atoms with Gasteiger partial charge in [-0.25, -0.2) is 4.39 Å². The second-order valence-corrected chi connectivity index (χ2v) is 3.69. The molecule has 0 saturated heterocycles. The number of hydrogen-bond donors (Lipinski definition) is 0. The molecule has 4 heteroatoms. The van der Waals surface area contributed by atoms with E-state index in [1.165, 1.54) is 12.1 Å². The van der Waals surface area contributed by atoms with E-state index < -0.39 is 5.82 Å². The minimum atomic E-state index is -0.430. The third kappa shape index (κ3) is 2.78. The van der Waals surface area contributed by atoms with Crippen molar-refractivity contribution >= 4 is 33.3 Å². The number of halogens is 3. The molecule has 1 nitrogen and oxygen atoms in total. The van der Waals surface area contributed by atoms with Crippen molar-refractivity contribution in [1.82, 2.24) is 0 Å². The Labute approximate surface area is 89.0 Å². The fraction of sp³-hybridized carbons (Fsp3) is 0.222. The molecule has 0 aliphatic heterocycles. The van der Waals surface area contributed by atoms with Crippen molar-refractivity contribution in [1.29, 1.82) is 0 Å². The van der Waals surface area contributed by atoms with Crippen molar-refractivity contribution in [3.63, 3.8) is 0 Å². The quantitative estimate of drug-likeness (QED) is 0.604. The van der Waals surface area contributed by atoms with Crippen molar-refractivity contribution in [3.8, 4) is 0 Å². The Morgan fingerprint density at radius 1 is 1.54 bits per heavy atom. The molecule has 0 radical (unpaired) electrons. The molecule has 0 aliphatic rings. The van der Waals surface area contributed by atoms with Gasteiger partial charge >= 0.3 is 0 Å². The maximum Gasteiger partial charge on any atom is 0.165 e. The van der Waals surface area contributed by atoms with E-state index in [9.17, 15) is 9.18 Å². The smallest absolute Gasteiger partial charge is 0.165 e. The number of benzene rings is 1. The number of rotatable bonds is 3. The number of hydrogen-bond acceptors (Lipinski definition) is 1. The molecule has 0 N–H and O–H groups in total. The number of alkyl halides is 1. The van der Waals surface area contributed by atoms with Gasteiger partial charge in [0.2, 0.25) is 0 Å². The maximum atomic E-state index is 12.6. The molecule has 0 aromatic heterocycles. The molecule has 0 unspecified atom stereocenters. The van der Waals surface area contributed by atoms with Crippen molar-refractivity contribution in [2.45, 2.75) is 6.42 Å². The van der Waals surface area contributed by atoms with Crippen molar-refractivity contribution < 1.29 is 9.18 Å².